The average Bonchev–Trinajstić information content (AvgIpc) is 3.08. The molecule has 0 aliphatic carbocycles. The van der Waals surface area contributed by atoms with Gasteiger partial charge in [-0.3, -0.25) is 9.89 Å². The Bertz CT molecular complexity index is 1010. The van der Waals surface area contributed by atoms with Gasteiger partial charge in [0.2, 0.25) is 0 Å². The van der Waals surface area contributed by atoms with Gasteiger partial charge in [-0.25, -0.2) is 18.7 Å². The second-order valence-corrected chi connectivity index (χ2v) is 5.96. The molecule has 0 saturated carbocycles. The van der Waals surface area contributed by atoms with Crippen LogP contribution in [0.3, 0.4) is 0 Å². The summed E-state index contributed by atoms with van der Waals surface area (Å²) in [5, 5.41) is 5.58. The van der Waals surface area contributed by atoms with E-state index in [1.54, 1.807) is 29.3 Å². The zero-order valence-electron chi connectivity index (χ0n) is 13.3. The lowest BCUT2D eigenvalue weighted by Gasteiger charge is -2.27. The topological polar surface area (TPSA) is 82.5 Å². The summed E-state index contributed by atoms with van der Waals surface area (Å²) >= 11 is 0. The maximum atomic E-state index is 13.2. The molecule has 1 aliphatic heterocycles. The molecule has 25 heavy (non-hydrogen) atoms. The highest BCUT2D eigenvalue weighted by molar-refractivity contribution is 5.74. The summed E-state index contributed by atoms with van der Waals surface area (Å²) < 4.78 is 14.6. The largest absolute Gasteiger partial charge is 0.334 e. The van der Waals surface area contributed by atoms with Crippen LogP contribution in [0.15, 0.2) is 41.3 Å². The number of H-pyrrole nitrogens is 1. The molecule has 128 valence electrons. The zero-order valence-corrected chi connectivity index (χ0v) is 13.3. The molecule has 1 aliphatic rings. The minimum Gasteiger partial charge on any atom is -0.334 e. The lowest BCUT2D eigenvalue weighted by Crippen LogP contribution is -2.44. The molecular weight excluding hydrogens is 325 g/mol. The number of hydrogen-bond acceptors (Lipinski definition) is 3. The van der Waals surface area contributed by atoms with Gasteiger partial charge in [0.25, 0.3) is 5.56 Å². The van der Waals surface area contributed by atoms with Crippen molar-refractivity contribution in [1.29, 1.82) is 0 Å². The molecule has 0 bridgehead atoms. The van der Waals surface area contributed by atoms with Crippen LogP contribution >= 0.6 is 0 Å². The van der Waals surface area contributed by atoms with Gasteiger partial charge in [-0.2, -0.15) is 0 Å². The second kappa shape index (κ2) is 6.04. The summed E-state index contributed by atoms with van der Waals surface area (Å²) in [5.41, 5.74) is 2.33. The van der Waals surface area contributed by atoms with Gasteiger partial charge in [-0.15, -0.1) is 0 Å². The van der Waals surface area contributed by atoms with Gasteiger partial charge in [0.1, 0.15) is 5.82 Å². The highest BCUT2D eigenvalue weighted by atomic mass is 19.1. The van der Waals surface area contributed by atoms with E-state index in [9.17, 15) is 14.0 Å². The molecule has 8 heteroatoms. The van der Waals surface area contributed by atoms with Crippen LogP contribution in [0.1, 0.15) is 16.8 Å². The Balaban J connectivity index is 1.50. The molecule has 0 radical (unpaired) electrons. The Hall–Kier alpha value is -3.16. The summed E-state index contributed by atoms with van der Waals surface area (Å²) in [6.45, 7) is 0.917. The number of aromatic amines is 1. The van der Waals surface area contributed by atoms with Gasteiger partial charge >= 0.3 is 6.03 Å². The SMILES string of the molecule is O=C(NCc1cccc(F)c1)N1CCc2nc3cc[nH]n3c(=O)c2C1. The van der Waals surface area contributed by atoms with Crippen molar-refractivity contribution in [3.8, 4) is 0 Å². The van der Waals surface area contributed by atoms with E-state index in [-0.39, 0.29) is 30.5 Å². The van der Waals surface area contributed by atoms with Gasteiger partial charge < -0.3 is 10.2 Å². The number of nitrogens with zero attached hydrogens (tertiary/aromatic N) is 3. The number of nitrogens with one attached hydrogen (secondary N) is 2. The van der Waals surface area contributed by atoms with Crippen LogP contribution in [0.25, 0.3) is 5.65 Å². The first-order chi connectivity index (χ1) is 12.1. The van der Waals surface area contributed by atoms with Crippen LogP contribution in [0.4, 0.5) is 9.18 Å². The molecule has 0 unspecified atom stereocenters. The van der Waals surface area contributed by atoms with Crippen LogP contribution in [0.5, 0.6) is 0 Å². The van der Waals surface area contributed by atoms with Gasteiger partial charge in [0, 0.05) is 31.8 Å². The lowest BCUT2D eigenvalue weighted by atomic mass is 10.1. The Kier molecular flexibility index (Phi) is 3.72. The van der Waals surface area contributed by atoms with Gasteiger partial charge in [-0.1, -0.05) is 12.1 Å². The molecule has 2 amide bonds. The van der Waals surface area contributed by atoms with Crippen molar-refractivity contribution in [1.82, 2.24) is 24.8 Å². The van der Waals surface area contributed by atoms with Crippen molar-refractivity contribution in [2.24, 2.45) is 0 Å². The molecule has 0 saturated heterocycles. The molecule has 7 nitrogen and oxygen atoms in total. The van der Waals surface area contributed by atoms with Crippen molar-refractivity contribution in [2.45, 2.75) is 19.5 Å². The van der Waals surface area contributed by atoms with Crippen LogP contribution < -0.4 is 10.9 Å². The first-order valence-corrected chi connectivity index (χ1v) is 7.97. The second-order valence-electron chi connectivity index (χ2n) is 5.96. The number of urea groups is 1. The fraction of sp³-hybridized carbons (Fsp3) is 0.235. The molecule has 0 fully saturated rings. The van der Waals surface area contributed by atoms with E-state index < -0.39 is 0 Å². The number of halogens is 1. The summed E-state index contributed by atoms with van der Waals surface area (Å²) in [6, 6.07) is 7.53. The molecule has 1 aromatic carbocycles. The predicted octanol–water partition coefficient (Wildman–Crippen LogP) is 1.43. The highest BCUT2D eigenvalue weighted by Gasteiger charge is 2.25. The summed E-state index contributed by atoms with van der Waals surface area (Å²) in [4.78, 5) is 30.9. The smallest absolute Gasteiger partial charge is 0.317 e. The van der Waals surface area contributed by atoms with Gasteiger partial charge in [-0.05, 0) is 17.7 Å². The van der Waals surface area contributed by atoms with Crippen molar-refractivity contribution >= 4 is 11.7 Å². The summed E-state index contributed by atoms with van der Waals surface area (Å²) in [5.74, 6) is -0.340. The maximum absolute atomic E-state index is 13.2. The highest BCUT2D eigenvalue weighted by Crippen LogP contribution is 2.15. The lowest BCUT2D eigenvalue weighted by molar-refractivity contribution is 0.191. The molecular formula is C17H16FN5O2. The van der Waals surface area contributed by atoms with Gasteiger partial charge in [0.05, 0.1) is 17.8 Å². The monoisotopic (exact) mass is 341 g/mol. The fourth-order valence-electron chi connectivity index (χ4n) is 3.03. The molecule has 0 atom stereocenters. The summed E-state index contributed by atoms with van der Waals surface area (Å²) in [6.07, 6.45) is 2.18. The average molecular weight is 341 g/mol. The number of amides is 2. The fourth-order valence-corrected chi connectivity index (χ4v) is 3.03. The number of rotatable bonds is 2. The minimum atomic E-state index is -0.340. The van der Waals surface area contributed by atoms with Crippen LogP contribution in [0.2, 0.25) is 0 Å². The Morgan fingerprint density at radius 3 is 3.08 bits per heavy atom. The van der Waals surface area contributed by atoms with Crippen LogP contribution in [-0.4, -0.2) is 32.1 Å². The Morgan fingerprint density at radius 2 is 2.24 bits per heavy atom. The van der Waals surface area contributed by atoms with E-state index in [1.807, 2.05) is 0 Å². The number of fused-ring (bicyclic) bond motifs is 2. The van der Waals surface area contributed by atoms with E-state index >= 15 is 0 Å². The van der Waals surface area contributed by atoms with Crippen molar-refractivity contribution in [2.75, 3.05) is 6.54 Å². The zero-order chi connectivity index (χ0) is 17.4. The number of benzene rings is 1. The third-order valence-electron chi connectivity index (χ3n) is 4.31. The predicted molar refractivity (Wildman–Crippen MR) is 88.6 cm³/mol. The standard InChI is InChI=1S/C17H16FN5O2/c18-12-3-1-2-11(8-12)9-19-17(25)22-7-5-14-13(10-22)16(24)23-15(21-14)4-6-20-23/h1-4,6,8,20H,5,7,9-10H2,(H,19,25). The molecule has 2 aromatic heterocycles. The van der Waals surface area contributed by atoms with E-state index in [0.29, 0.717) is 29.7 Å². The third kappa shape index (κ3) is 2.86. The van der Waals surface area contributed by atoms with Crippen molar-refractivity contribution in [3.63, 3.8) is 0 Å². The minimum absolute atomic E-state index is 0.187. The van der Waals surface area contributed by atoms with Crippen LogP contribution in [0, 0.1) is 5.82 Å². The molecule has 0 spiro atoms. The van der Waals surface area contributed by atoms with E-state index in [2.05, 4.69) is 15.4 Å². The Labute approximate surface area is 142 Å². The third-order valence-corrected chi connectivity index (χ3v) is 4.31. The van der Waals surface area contributed by atoms with E-state index in [4.69, 9.17) is 0 Å². The normalized spacial score (nSPS) is 13.7. The Morgan fingerprint density at radius 1 is 1.36 bits per heavy atom. The summed E-state index contributed by atoms with van der Waals surface area (Å²) in [7, 11) is 0. The number of carbonyl (C=O) groups excluding carboxylic acids is 1. The number of hydrogen-bond donors (Lipinski definition) is 2. The first kappa shape index (κ1) is 15.4. The molecule has 3 aromatic rings. The van der Waals surface area contributed by atoms with E-state index in [1.165, 1.54) is 16.6 Å². The quantitative estimate of drug-likeness (QED) is 0.740. The van der Waals surface area contributed by atoms with Crippen LogP contribution in [-0.2, 0) is 19.5 Å². The molecule has 4 rings (SSSR count). The number of aromatic nitrogens is 3. The van der Waals surface area contributed by atoms with Gasteiger partial charge in [0.15, 0.2) is 5.65 Å². The maximum Gasteiger partial charge on any atom is 0.317 e. The number of carbonyl (C=O) groups is 1. The first-order valence-electron chi connectivity index (χ1n) is 7.97. The molecule has 2 N–H and O–H groups in total. The van der Waals surface area contributed by atoms with E-state index in [0.717, 1.165) is 5.69 Å². The van der Waals surface area contributed by atoms with Crippen molar-refractivity contribution < 1.29 is 9.18 Å². The van der Waals surface area contributed by atoms with Crippen molar-refractivity contribution in [3.05, 3.63) is 69.5 Å². The molecule has 3 heterocycles.